The first kappa shape index (κ1) is 12.0. The molecule has 2 aromatic rings. The van der Waals surface area contributed by atoms with Crippen LogP contribution in [-0.2, 0) is 0 Å². The van der Waals surface area contributed by atoms with Gasteiger partial charge in [-0.1, -0.05) is 18.2 Å². The summed E-state index contributed by atoms with van der Waals surface area (Å²) in [5.74, 6) is 0.313. The fourth-order valence-electron chi connectivity index (χ4n) is 2.84. The van der Waals surface area contributed by atoms with Gasteiger partial charge in [-0.2, -0.15) is 0 Å². The highest BCUT2D eigenvalue weighted by atomic mass is 16.3. The van der Waals surface area contributed by atoms with Crippen LogP contribution >= 0.6 is 0 Å². The molecule has 1 aliphatic rings. The van der Waals surface area contributed by atoms with E-state index in [1.54, 1.807) is 12.1 Å². The van der Waals surface area contributed by atoms with Gasteiger partial charge in [0.15, 0.2) is 0 Å². The maximum Gasteiger partial charge on any atom is 0.254 e. The number of phenolic OH excluding ortho intramolecular Hbond substituents is 1. The van der Waals surface area contributed by atoms with E-state index in [4.69, 9.17) is 0 Å². The van der Waals surface area contributed by atoms with Gasteiger partial charge in [0.05, 0.1) is 0 Å². The van der Waals surface area contributed by atoms with E-state index in [0.717, 1.165) is 42.3 Å². The first-order valence-corrected chi connectivity index (χ1v) is 6.69. The van der Waals surface area contributed by atoms with Crippen molar-refractivity contribution in [3.05, 3.63) is 41.5 Å². The van der Waals surface area contributed by atoms with Crippen LogP contribution in [0.5, 0.6) is 5.75 Å². The number of benzene rings is 2. The van der Waals surface area contributed by atoms with Crippen LogP contribution in [0.25, 0.3) is 10.8 Å². The molecule has 0 atom stereocenters. The first-order valence-electron chi connectivity index (χ1n) is 6.69. The molecule has 0 spiro atoms. The molecule has 0 radical (unpaired) electrons. The van der Waals surface area contributed by atoms with Crippen molar-refractivity contribution in [1.29, 1.82) is 0 Å². The van der Waals surface area contributed by atoms with E-state index in [1.807, 2.05) is 30.0 Å². The number of aryl methyl sites for hydroxylation is 1. The van der Waals surface area contributed by atoms with Crippen LogP contribution in [0.3, 0.4) is 0 Å². The normalized spacial score (nSPS) is 15.1. The average molecular weight is 255 g/mol. The van der Waals surface area contributed by atoms with Crippen LogP contribution < -0.4 is 0 Å². The number of hydrogen-bond donors (Lipinski definition) is 1. The lowest BCUT2D eigenvalue weighted by Gasteiger charge is -2.17. The molecule has 1 aliphatic heterocycles. The van der Waals surface area contributed by atoms with Crippen LogP contribution in [0.2, 0.25) is 0 Å². The number of likely N-dealkylation sites (tertiary alicyclic amines) is 1. The van der Waals surface area contributed by atoms with Gasteiger partial charge in [-0.15, -0.1) is 0 Å². The van der Waals surface area contributed by atoms with Gasteiger partial charge in [0.2, 0.25) is 0 Å². The highest BCUT2D eigenvalue weighted by Crippen LogP contribution is 2.31. The Labute approximate surface area is 112 Å². The minimum absolute atomic E-state index is 0.0804. The number of carbonyl (C=O) groups is 1. The fraction of sp³-hybridized carbons (Fsp3) is 0.312. The molecule has 3 heteroatoms. The Morgan fingerprint density at radius 3 is 2.63 bits per heavy atom. The molecule has 0 bridgehead atoms. The number of phenols is 1. The second-order valence-electron chi connectivity index (χ2n) is 5.13. The number of aromatic hydroxyl groups is 1. The highest BCUT2D eigenvalue weighted by Gasteiger charge is 2.22. The molecule has 98 valence electrons. The third-order valence-electron chi connectivity index (χ3n) is 3.85. The molecule has 2 aromatic carbocycles. The fourth-order valence-corrected chi connectivity index (χ4v) is 2.84. The summed E-state index contributed by atoms with van der Waals surface area (Å²) in [7, 11) is 0. The summed E-state index contributed by atoms with van der Waals surface area (Å²) in [5.41, 5.74) is 1.73. The Bertz CT molecular complexity index is 642. The number of fused-ring (bicyclic) bond motifs is 1. The summed E-state index contributed by atoms with van der Waals surface area (Å²) < 4.78 is 0. The number of carbonyl (C=O) groups excluding carboxylic acids is 1. The first-order chi connectivity index (χ1) is 9.18. The van der Waals surface area contributed by atoms with E-state index in [0.29, 0.717) is 5.56 Å². The van der Waals surface area contributed by atoms with E-state index in [1.165, 1.54) is 0 Å². The molecule has 0 aliphatic carbocycles. The standard InChI is InChI=1S/C16H17NO2/c1-11-5-4-6-12-14(18)8-7-13(15(11)12)16(19)17-9-2-3-10-17/h4-8,18H,2-3,9-10H2,1H3. The van der Waals surface area contributed by atoms with Crippen molar-refractivity contribution >= 4 is 16.7 Å². The molecule has 1 heterocycles. The number of amides is 1. The van der Waals surface area contributed by atoms with Gasteiger partial charge >= 0.3 is 0 Å². The zero-order chi connectivity index (χ0) is 13.4. The van der Waals surface area contributed by atoms with Crippen LogP contribution in [0.4, 0.5) is 0 Å². The van der Waals surface area contributed by atoms with Crippen molar-refractivity contribution in [2.45, 2.75) is 19.8 Å². The molecule has 1 amide bonds. The van der Waals surface area contributed by atoms with Crippen molar-refractivity contribution < 1.29 is 9.90 Å². The van der Waals surface area contributed by atoms with Gasteiger partial charge in [-0.3, -0.25) is 4.79 Å². The topological polar surface area (TPSA) is 40.5 Å². The lowest BCUT2D eigenvalue weighted by Crippen LogP contribution is -2.27. The summed E-state index contributed by atoms with van der Waals surface area (Å²) in [6.07, 6.45) is 2.17. The predicted molar refractivity (Wildman–Crippen MR) is 75.5 cm³/mol. The van der Waals surface area contributed by atoms with Gasteiger partial charge < -0.3 is 10.0 Å². The molecule has 3 rings (SSSR count). The minimum Gasteiger partial charge on any atom is -0.507 e. The largest absolute Gasteiger partial charge is 0.507 e. The predicted octanol–water partition coefficient (Wildman–Crippen LogP) is 3.09. The van der Waals surface area contributed by atoms with Crippen molar-refractivity contribution in [1.82, 2.24) is 4.90 Å². The van der Waals surface area contributed by atoms with Crippen LogP contribution in [0.1, 0.15) is 28.8 Å². The zero-order valence-electron chi connectivity index (χ0n) is 11.0. The third-order valence-corrected chi connectivity index (χ3v) is 3.85. The zero-order valence-corrected chi connectivity index (χ0v) is 11.0. The van der Waals surface area contributed by atoms with E-state index in [-0.39, 0.29) is 11.7 Å². The molecular weight excluding hydrogens is 238 g/mol. The van der Waals surface area contributed by atoms with Gasteiger partial charge in [0, 0.05) is 29.4 Å². The van der Waals surface area contributed by atoms with Crippen LogP contribution in [0, 0.1) is 6.92 Å². The van der Waals surface area contributed by atoms with Crippen molar-refractivity contribution in [2.75, 3.05) is 13.1 Å². The van der Waals surface area contributed by atoms with Crippen molar-refractivity contribution in [3.63, 3.8) is 0 Å². The summed E-state index contributed by atoms with van der Waals surface area (Å²) in [5, 5.41) is 11.6. The Morgan fingerprint density at radius 2 is 1.89 bits per heavy atom. The molecule has 3 nitrogen and oxygen atoms in total. The quantitative estimate of drug-likeness (QED) is 0.850. The maximum absolute atomic E-state index is 12.6. The lowest BCUT2D eigenvalue weighted by molar-refractivity contribution is 0.0794. The van der Waals surface area contributed by atoms with Gasteiger partial charge in [0.1, 0.15) is 5.75 Å². The summed E-state index contributed by atoms with van der Waals surface area (Å²) in [4.78, 5) is 14.5. The van der Waals surface area contributed by atoms with Crippen LogP contribution in [0.15, 0.2) is 30.3 Å². The van der Waals surface area contributed by atoms with Gasteiger partial charge in [-0.25, -0.2) is 0 Å². The second-order valence-corrected chi connectivity index (χ2v) is 5.13. The lowest BCUT2D eigenvalue weighted by atomic mass is 9.98. The van der Waals surface area contributed by atoms with Gasteiger partial charge in [0.25, 0.3) is 5.91 Å². The number of rotatable bonds is 1. The minimum atomic E-state index is 0.0804. The SMILES string of the molecule is Cc1cccc2c(O)ccc(C(=O)N3CCCC3)c12. The Kier molecular flexibility index (Phi) is 2.90. The van der Waals surface area contributed by atoms with E-state index in [9.17, 15) is 9.90 Å². The molecule has 1 fully saturated rings. The molecular formula is C16H17NO2. The molecule has 1 saturated heterocycles. The molecule has 0 saturated carbocycles. The van der Waals surface area contributed by atoms with E-state index >= 15 is 0 Å². The number of nitrogens with zero attached hydrogens (tertiary/aromatic N) is 1. The van der Waals surface area contributed by atoms with E-state index < -0.39 is 0 Å². The Hall–Kier alpha value is -2.03. The van der Waals surface area contributed by atoms with E-state index in [2.05, 4.69) is 0 Å². The number of hydrogen-bond acceptors (Lipinski definition) is 2. The average Bonchev–Trinajstić information content (AvgIpc) is 2.93. The Balaban J connectivity index is 2.18. The van der Waals surface area contributed by atoms with Crippen molar-refractivity contribution in [3.8, 4) is 5.75 Å². The molecule has 0 aromatic heterocycles. The summed E-state index contributed by atoms with van der Waals surface area (Å²) >= 11 is 0. The summed E-state index contributed by atoms with van der Waals surface area (Å²) in [6.45, 7) is 3.66. The van der Waals surface area contributed by atoms with Gasteiger partial charge in [-0.05, 0) is 37.5 Å². The molecule has 0 unspecified atom stereocenters. The summed E-state index contributed by atoms with van der Waals surface area (Å²) in [6, 6.07) is 9.10. The maximum atomic E-state index is 12.6. The molecule has 19 heavy (non-hydrogen) atoms. The monoisotopic (exact) mass is 255 g/mol. The molecule has 1 N–H and O–H groups in total. The smallest absolute Gasteiger partial charge is 0.254 e. The second kappa shape index (κ2) is 4.57. The van der Waals surface area contributed by atoms with Crippen molar-refractivity contribution in [2.24, 2.45) is 0 Å². The Morgan fingerprint density at radius 1 is 1.16 bits per heavy atom. The highest BCUT2D eigenvalue weighted by molar-refractivity contribution is 6.09. The third kappa shape index (κ3) is 1.95. The van der Waals surface area contributed by atoms with Crippen LogP contribution in [-0.4, -0.2) is 29.0 Å².